The Labute approximate surface area is 133 Å². The molecule has 3 heterocycles. The highest BCUT2D eigenvalue weighted by Crippen LogP contribution is 2.05. The fourth-order valence-corrected chi connectivity index (χ4v) is 2.48. The molecule has 8 nitrogen and oxygen atoms in total. The highest BCUT2D eigenvalue weighted by molar-refractivity contribution is 5.91. The van der Waals surface area contributed by atoms with Gasteiger partial charge in [0, 0.05) is 23.6 Å². The first-order valence-electron chi connectivity index (χ1n) is 7.44. The van der Waals surface area contributed by atoms with Crippen LogP contribution in [0.3, 0.4) is 0 Å². The molecule has 1 amide bonds. The third-order valence-corrected chi connectivity index (χ3v) is 3.55. The molecule has 0 aliphatic heterocycles. The minimum atomic E-state index is -0.280. The molecule has 1 N–H and O–H groups in total. The van der Waals surface area contributed by atoms with Gasteiger partial charge >= 0.3 is 0 Å². The number of nitrogens with zero attached hydrogens (tertiary/aromatic N) is 6. The molecule has 0 saturated carbocycles. The smallest absolute Gasteiger partial charge is 0.289 e. The van der Waals surface area contributed by atoms with Crippen LogP contribution in [-0.4, -0.2) is 41.3 Å². The van der Waals surface area contributed by atoms with Gasteiger partial charge in [0.25, 0.3) is 11.7 Å². The van der Waals surface area contributed by atoms with Crippen LogP contribution in [0.4, 0.5) is 0 Å². The van der Waals surface area contributed by atoms with Crippen molar-refractivity contribution in [3.8, 4) is 0 Å². The first kappa shape index (κ1) is 15.1. The Morgan fingerprint density at radius 1 is 1.26 bits per heavy atom. The number of amides is 1. The summed E-state index contributed by atoms with van der Waals surface area (Å²) in [6.45, 7) is 8.34. The molecule has 0 bridgehead atoms. The lowest BCUT2D eigenvalue weighted by Crippen LogP contribution is -2.37. The monoisotopic (exact) mass is 313 g/mol. The van der Waals surface area contributed by atoms with Crippen molar-refractivity contribution >= 4 is 11.7 Å². The lowest BCUT2D eigenvalue weighted by Gasteiger charge is -2.14. The van der Waals surface area contributed by atoms with Crippen molar-refractivity contribution in [1.82, 2.24) is 34.7 Å². The third kappa shape index (κ3) is 3.05. The molecule has 3 aromatic heterocycles. The van der Waals surface area contributed by atoms with Gasteiger partial charge in [-0.1, -0.05) is 0 Å². The van der Waals surface area contributed by atoms with Crippen LogP contribution in [0.25, 0.3) is 5.78 Å². The van der Waals surface area contributed by atoms with E-state index in [1.165, 1.54) is 0 Å². The summed E-state index contributed by atoms with van der Waals surface area (Å²) in [7, 11) is 0. The van der Waals surface area contributed by atoms with Crippen LogP contribution in [-0.2, 0) is 6.54 Å². The molecule has 8 heteroatoms. The van der Waals surface area contributed by atoms with E-state index in [0.29, 0.717) is 12.3 Å². The van der Waals surface area contributed by atoms with Gasteiger partial charge in [0.05, 0.1) is 12.2 Å². The Morgan fingerprint density at radius 3 is 2.74 bits per heavy atom. The molecule has 1 atom stereocenters. The Kier molecular flexibility index (Phi) is 3.81. The summed E-state index contributed by atoms with van der Waals surface area (Å²) in [5.74, 6) is 0.367. The van der Waals surface area contributed by atoms with Crippen molar-refractivity contribution < 1.29 is 4.79 Å². The molecule has 3 rings (SSSR count). The van der Waals surface area contributed by atoms with Gasteiger partial charge in [-0.05, 0) is 39.8 Å². The van der Waals surface area contributed by atoms with Gasteiger partial charge in [0.1, 0.15) is 0 Å². The van der Waals surface area contributed by atoms with Crippen molar-refractivity contribution in [2.75, 3.05) is 0 Å². The molecule has 0 aliphatic rings. The van der Waals surface area contributed by atoms with Gasteiger partial charge in [0.15, 0.2) is 0 Å². The van der Waals surface area contributed by atoms with Crippen molar-refractivity contribution in [2.24, 2.45) is 0 Å². The van der Waals surface area contributed by atoms with Crippen LogP contribution in [0.2, 0.25) is 0 Å². The molecule has 3 aromatic rings. The molecular formula is C15H19N7O. The second-order valence-electron chi connectivity index (χ2n) is 5.75. The quantitative estimate of drug-likeness (QED) is 0.778. The lowest BCUT2D eigenvalue weighted by molar-refractivity contribution is 0.0924. The molecule has 0 radical (unpaired) electrons. The van der Waals surface area contributed by atoms with Crippen LogP contribution in [0.5, 0.6) is 0 Å². The molecule has 0 fully saturated rings. The van der Waals surface area contributed by atoms with E-state index in [1.807, 2.05) is 44.5 Å². The van der Waals surface area contributed by atoms with Crippen molar-refractivity contribution in [3.05, 3.63) is 41.2 Å². The normalized spacial score (nSPS) is 12.5. The van der Waals surface area contributed by atoms with Gasteiger partial charge in [0.2, 0.25) is 5.82 Å². The molecule has 0 saturated heterocycles. The molecule has 0 aromatic carbocycles. The molecule has 120 valence electrons. The maximum absolute atomic E-state index is 12.4. The maximum Gasteiger partial charge on any atom is 0.289 e. The van der Waals surface area contributed by atoms with Gasteiger partial charge in [-0.25, -0.2) is 4.98 Å². The topological polar surface area (TPSA) is 90.0 Å². The van der Waals surface area contributed by atoms with E-state index in [4.69, 9.17) is 0 Å². The summed E-state index contributed by atoms with van der Waals surface area (Å²) < 4.78 is 3.46. The Bertz CT molecular complexity index is 864. The van der Waals surface area contributed by atoms with Gasteiger partial charge in [-0.3, -0.25) is 13.9 Å². The van der Waals surface area contributed by atoms with Crippen molar-refractivity contribution in [3.63, 3.8) is 0 Å². The molecule has 0 spiro atoms. The zero-order chi connectivity index (χ0) is 16.6. The highest BCUT2D eigenvalue weighted by atomic mass is 16.2. The van der Waals surface area contributed by atoms with E-state index in [9.17, 15) is 4.79 Å². The van der Waals surface area contributed by atoms with Gasteiger partial charge in [-0.2, -0.15) is 5.10 Å². The molecule has 23 heavy (non-hydrogen) atoms. The Balaban J connectivity index is 1.74. The summed E-state index contributed by atoms with van der Waals surface area (Å²) in [5.41, 5.74) is 2.86. The summed E-state index contributed by atoms with van der Waals surface area (Å²) in [5, 5.41) is 15.2. The third-order valence-electron chi connectivity index (χ3n) is 3.55. The average Bonchev–Trinajstić information content (AvgIpc) is 3.01. The van der Waals surface area contributed by atoms with E-state index < -0.39 is 0 Å². The van der Waals surface area contributed by atoms with E-state index in [-0.39, 0.29) is 17.8 Å². The number of carbonyl (C=O) groups is 1. The van der Waals surface area contributed by atoms with Crippen molar-refractivity contribution in [1.29, 1.82) is 0 Å². The Hall–Kier alpha value is -2.77. The van der Waals surface area contributed by atoms with Crippen LogP contribution < -0.4 is 5.32 Å². The fourth-order valence-electron chi connectivity index (χ4n) is 2.48. The fraction of sp³-hybridized carbons (Fsp3) is 0.400. The van der Waals surface area contributed by atoms with Crippen LogP contribution >= 0.6 is 0 Å². The first-order chi connectivity index (χ1) is 10.9. The second kappa shape index (κ2) is 5.79. The van der Waals surface area contributed by atoms with Crippen molar-refractivity contribution in [2.45, 2.75) is 40.3 Å². The summed E-state index contributed by atoms with van der Waals surface area (Å²) in [6, 6.07) is 3.73. The Morgan fingerprint density at radius 2 is 2.04 bits per heavy atom. The van der Waals surface area contributed by atoms with Gasteiger partial charge < -0.3 is 5.32 Å². The van der Waals surface area contributed by atoms with E-state index in [1.54, 1.807) is 10.6 Å². The number of nitrogens with one attached hydrogen (secondary N) is 1. The van der Waals surface area contributed by atoms with Crippen LogP contribution in [0.15, 0.2) is 18.3 Å². The number of fused-ring (bicyclic) bond motifs is 1. The summed E-state index contributed by atoms with van der Waals surface area (Å²) in [4.78, 5) is 16.6. The number of hydrogen-bond acceptors (Lipinski definition) is 5. The lowest BCUT2D eigenvalue weighted by atomic mass is 10.3. The number of aromatic nitrogens is 6. The predicted octanol–water partition coefficient (Wildman–Crippen LogP) is 1.06. The van der Waals surface area contributed by atoms with Crippen LogP contribution in [0, 0.1) is 20.8 Å². The molecule has 0 aliphatic carbocycles. The maximum atomic E-state index is 12.4. The van der Waals surface area contributed by atoms with E-state index in [2.05, 4.69) is 25.6 Å². The largest absolute Gasteiger partial charge is 0.345 e. The SMILES string of the molecule is Cc1ccn2c(C(=O)N[C@H](C)Cn3nc(C)cc3C)nnc2n1. The number of carbonyl (C=O) groups excluding carboxylic acids is 1. The zero-order valence-corrected chi connectivity index (χ0v) is 13.6. The van der Waals surface area contributed by atoms with E-state index >= 15 is 0 Å². The average molecular weight is 313 g/mol. The predicted molar refractivity (Wildman–Crippen MR) is 84.1 cm³/mol. The molecular weight excluding hydrogens is 294 g/mol. The number of rotatable bonds is 4. The number of aryl methyl sites for hydroxylation is 3. The van der Waals surface area contributed by atoms with Crippen LogP contribution in [0.1, 0.15) is 34.6 Å². The summed E-state index contributed by atoms with van der Waals surface area (Å²) >= 11 is 0. The second-order valence-corrected chi connectivity index (χ2v) is 5.75. The van der Waals surface area contributed by atoms with E-state index in [0.717, 1.165) is 17.1 Å². The highest BCUT2D eigenvalue weighted by Gasteiger charge is 2.17. The standard InChI is InChI=1S/C15H19N7O/c1-9-5-6-21-13(18-19-15(21)17-9)14(23)16-11(3)8-22-12(4)7-10(2)20-22/h5-7,11H,8H2,1-4H3,(H,16,23)/t11-/m1/s1. The zero-order valence-electron chi connectivity index (χ0n) is 13.6. The number of hydrogen-bond donors (Lipinski definition) is 1. The molecule has 0 unspecified atom stereocenters. The minimum absolute atomic E-state index is 0.0914. The minimum Gasteiger partial charge on any atom is -0.345 e. The first-order valence-corrected chi connectivity index (χ1v) is 7.44. The summed E-state index contributed by atoms with van der Waals surface area (Å²) in [6.07, 6.45) is 1.75. The van der Waals surface area contributed by atoms with Gasteiger partial charge in [-0.15, -0.1) is 10.2 Å².